The number of hydrogen-bond donors (Lipinski definition) is 1. The van der Waals surface area contributed by atoms with Crippen molar-refractivity contribution in [3.63, 3.8) is 0 Å². The molecule has 1 aromatic carbocycles. The minimum absolute atomic E-state index is 0.0570. The number of anilines is 1. The van der Waals surface area contributed by atoms with Crippen molar-refractivity contribution in [2.45, 2.75) is 52.6 Å². The monoisotopic (exact) mass is 407 g/mol. The number of nitrogens with zero attached hydrogens (tertiary/aromatic N) is 2. The van der Waals surface area contributed by atoms with E-state index in [1.54, 1.807) is 0 Å². The van der Waals surface area contributed by atoms with Gasteiger partial charge in [0.2, 0.25) is 0 Å². The average molecular weight is 408 g/mol. The predicted molar refractivity (Wildman–Crippen MR) is 111 cm³/mol. The summed E-state index contributed by atoms with van der Waals surface area (Å²) in [6, 6.07) is 4.28. The lowest BCUT2D eigenvalue weighted by Gasteiger charge is -2.32. The van der Waals surface area contributed by atoms with Crippen LogP contribution in [0.1, 0.15) is 42.2 Å². The smallest absolute Gasteiger partial charge is 0.264 e. The molecule has 0 spiro atoms. The van der Waals surface area contributed by atoms with E-state index in [2.05, 4.69) is 22.1 Å². The Morgan fingerprint density at radius 1 is 1.37 bits per heavy atom. The summed E-state index contributed by atoms with van der Waals surface area (Å²) in [4.78, 5) is 20.1. The van der Waals surface area contributed by atoms with E-state index in [1.165, 1.54) is 35.5 Å². The molecule has 1 N–H and O–H groups in total. The summed E-state index contributed by atoms with van der Waals surface area (Å²) in [5.74, 6) is 0.427. The first-order valence-corrected chi connectivity index (χ1v) is 10.5. The Morgan fingerprint density at radius 3 is 2.81 bits per heavy atom. The van der Waals surface area contributed by atoms with Gasteiger partial charge in [-0.1, -0.05) is 18.0 Å². The highest BCUT2D eigenvalue weighted by Gasteiger charge is 2.19. The zero-order valence-corrected chi connectivity index (χ0v) is 17.6. The predicted octanol–water partition coefficient (Wildman–Crippen LogP) is 4.81. The molecular formula is C20H26ClN3O2S. The van der Waals surface area contributed by atoms with Crippen LogP contribution in [0.4, 0.5) is 5.13 Å². The molecule has 1 saturated heterocycles. The maximum absolute atomic E-state index is 12.2. The van der Waals surface area contributed by atoms with Crippen LogP contribution in [0.25, 0.3) is 0 Å². The van der Waals surface area contributed by atoms with E-state index in [-0.39, 0.29) is 12.5 Å². The van der Waals surface area contributed by atoms with Gasteiger partial charge in [-0.05, 0) is 63.4 Å². The summed E-state index contributed by atoms with van der Waals surface area (Å²) >= 11 is 7.68. The van der Waals surface area contributed by atoms with E-state index >= 15 is 0 Å². The number of nitrogens with one attached hydrogen (secondary N) is 1. The highest BCUT2D eigenvalue weighted by Crippen LogP contribution is 2.26. The normalized spacial score (nSPS) is 17.7. The number of carbonyl (C=O) groups is 1. The van der Waals surface area contributed by atoms with E-state index in [0.29, 0.717) is 16.9 Å². The minimum atomic E-state index is -0.215. The summed E-state index contributed by atoms with van der Waals surface area (Å²) in [7, 11) is 0. The maximum Gasteiger partial charge on any atom is 0.264 e. The number of piperidine rings is 1. The van der Waals surface area contributed by atoms with Gasteiger partial charge in [-0.3, -0.25) is 15.0 Å². The van der Waals surface area contributed by atoms with Crippen LogP contribution >= 0.6 is 22.9 Å². The minimum Gasteiger partial charge on any atom is -0.484 e. The maximum atomic E-state index is 12.2. The number of aromatic nitrogens is 1. The highest BCUT2D eigenvalue weighted by atomic mass is 35.5. The summed E-state index contributed by atoms with van der Waals surface area (Å²) in [5, 5.41) is 4.16. The third-order valence-electron chi connectivity index (χ3n) is 4.88. The third-order valence-corrected chi connectivity index (χ3v) is 6.37. The van der Waals surface area contributed by atoms with E-state index < -0.39 is 0 Å². The van der Waals surface area contributed by atoms with Crippen molar-refractivity contribution in [2.24, 2.45) is 0 Å². The average Bonchev–Trinajstić information content (AvgIpc) is 3.06. The molecule has 0 bridgehead atoms. The van der Waals surface area contributed by atoms with Gasteiger partial charge in [0.15, 0.2) is 11.7 Å². The van der Waals surface area contributed by atoms with Crippen molar-refractivity contribution >= 4 is 34.0 Å². The Bertz CT molecular complexity index is 785. The molecule has 2 heterocycles. The summed E-state index contributed by atoms with van der Waals surface area (Å²) in [5.41, 5.74) is 1.87. The quantitative estimate of drug-likeness (QED) is 0.746. The lowest BCUT2D eigenvalue weighted by molar-refractivity contribution is -0.118. The summed E-state index contributed by atoms with van der Waals surface area (Å²) in [6.07, 6.45) is 5.68. The van der Waals surface area contributed by atoms with Crippen molar-refractivity contribution < 1.29 is 9.53 Å². The fourth-order valence-electron chi connectivity index (χ4n) is 3.32. The van der Waals surface area contributed by atoms with Crippen molar-refractivity contribution in [1.29, 1.82) is 0 Å². The van der Waals surface area contributed by atoms with Gasteiger partial charge in [0.1, 0.15) is 5.75 Å². The number of thiazole rings is 1. The molecule has 146 valence electrons. The largest absolute Gasteiger partial charge is 0.484 e. The van der Waals surface area contributed by atoms with Crippen LogP contribution in [-0.4, -0.2) is 35.0 Å². The first-order chi connectivity index (χ1) is 12.9. The number of carbonyl (C=O) groups excluding carboxylic acids is 1. The van der Waals surface area contributed by atoms with Crippen LogP contribution < -0.4 is 10.1 Å². The van der Waals surface area contributed by atoms with Crippen molar-refractivity contribution in [3.8, 4) is 5.75 Å². The summed E-state index contributed by atoms with van der Waals surface area (Å²) in [6.45, 7) is 8.09. The molecule has 7 heteroatoms. The first-order valence-electron chi connectivity index (χ1n) is 9.30. The molecule has 1 unspecified atom stereocenters. The third kappa shape index (κ3) is 5.43. The van der Waals surface area contributed by atoms with Crippen LogP contribution in [0, 0.1) is 13.8 Å². The molecular weight excluding hydrogens is 382 g/mol. The molecule has 0 radical (unpaired) electrons. The molecule has 0 saturated carbocycles. The number of halogens is 1. The molecule has 1 aliphatic rings. The van der Waals surface area contributed by atoms with Crippen LogP contribution in [0.3, 0.4) is 0 Å². The van der Waals surface area contributed by atoms with Gasteiger partial charge < -0.3 is 4.74 Å². The van der Waals surface area contributed by atoms with Gasteiger partial charge in [-0.25, -0.2) is 4.98 Å². The Kier molecular flexibility index (Phi) is 6.73. The molecule has 1 aromatic heterocycles. The van der Waals surface area contributed by atoms with Gasteiger partial charge in [0.25, 0.3) is 5.91 Å². The second-order valence-electron chi connectivity index (χ2n) is 7.15. The van der Waals surface area contributed by atoms with Crippen molar-refractivity contribution in [3.05, 3.63) is 39.4 Å². The molecule has 0 aliphatic carbocycles. The zero-order chi connectivity index (χ0) is 19.4. The van der Waals surface area contributed by atoms with Gasteiger partial charge in [-0.15, -0.1) is 11.3 Å². The molecule has 3 rings (SSSR count). The SMILES string of the molecule is Cc1cc(OCC(=O)Nc2ncc(CN3CCCCC3C)s2)cc(C)c1Cl. The van der Waals surface area contributed by atoms with Crippen LogP contribution in [0.2, 0.25) is 5.02 Å². The van der Waals surface area contributed by atoms with E-state index in [1.807, 2.05) is 32.2 Å². The van der Waals surface area contributed by atoms with E-state index in [0.717, 1.165) is 29.2 Å². The van der Waals surface area contributed by atoms with Gasteiger partial charge in [0, 0.05) is 28.7 Å². The highest BCUT2D eigenvalue weighted by molar-refractivity contribution is 7.15. The Labute approximate surface area is 169 Å². The fourth-order valence-corrected chi connectivity index (χ4v) is 4.29. The molecule has 1 fully saturated rings. The lowest BCUT2D eigenvalue weighted by Crippen LogP contribution is -2.36. The number of likely N-dealkylation sites (tertiary alicyclic amines) is 1. The number of benzene rings is 1. The zero-order valence-electron chi connectivity index (χ0n) is 16.0. The van der Waals surface area contributed by atoms with Crippen LogP contribution in [-0.2, 0) is 11.3 Å². The standard InChI is InChI=1S/C20H26ClN3O2S/c1-13-8-16(9-14(2)19(13)21)26-12-18(25)23-20-22-10-17(27-20)11-24-7-5-4-6-15(24)3/h8-10,15H,4-7,11-12H2,1-3H3,(H,22,23,25). The molecule has 5 nitrogen and oxygen atoms in total. The Balaban J connectivity index is 1.50. The van der Waals surface area contributed by atoms with Crippen molar-refractivity contribution in [2.75, 3.05) is 18.5 Å². The molecule has 1 aliphatic heterocycles. The molecule has 27 heavy (non-hydrogen) atoms. The Hall–Kier alpha value is -1.63. The molecule has 2 aromatic rings. The second-order valence-corrected chi connectivity index (χ2v) is 8.65. The second kappa shape index (κ2) is 9.04. The van der Waals surface area contributed by atoms with Gasteiger partial charge in [-0.2, -0.15) is 0 Å². The number of rotatable bonds is 6. The van der Waals surface area contributed by atoms with Crippen LogP contribution in [0.5, 0.6) is 5.75 Å². The number of hydrogen-bond acceptors (Lipinski definition) is 5. The van der Waals surface area contributed by atoms with E-state index in [4.69, 9.17) is 16.3 Å². The lowest BCUT2D eigenvalue weighted by atomic mass is 10.0. The Morgan fingerprint density at radius 2 is 2.11 bits per heavy atom. The van der Waals surface area contributed by atoms with Crippen LogP contribution in [0.15, 0.2) is 18.3 Å². The van der Waals surface area contributed by atoms with Gasteiger partial charge in [0.05, 0.1) is 0 Å². The first kappa shape index (κ1) is 20.1. The summed E-state index contributed by atoms with van der Waals surface area (Å²) < 4.78 is 5.60. The number of amides is 1. The topological polar surface area (TPSA) is 54.5 Å². The van der Waals surface area contributed by atoms with Gasteiger partial charge >= 0.3 is 0 Å². The fraction of sp³-hybridized carbons (Fsp3) is 0.500. The van der Waals surface area contributed by atoms with Crippen molar-refractivity contribution in [1.82, 2.24) is 9.88 Å². The molecule has 1 atom stereocenters. The number of ether oxygens (including phenoxy) is 1. The van der Waals surface area contributed by atoms with E-state index in [9.17, 15) is 4.79 Å². The number of aryl methyl sites for hydroxylation is 2. The molecule has 1 amide bonds.